The van der Waals surface area contributed by atoms with Gasteiger partial charge in [0, 0.05) is 12.1 Å². The Morgan fingerprint density at radius 1 is 1.08 bits per heavy atom. The van der Waals surface area contributed by atoms with Crippen LogP contribution in [0.5, 0.6) is 5.75 Å². The Bertz CT molecular complexity index is 898. The zero-order valence-electron chi connectivity index (χ0n) is 14.2. The van der Waals surface area contributed by atoms with Gasteiger partial charge in [0.15, 0.2) is 0 Å². The maximum Gasteiger partial charge on any atom is 0.274 e. The number of halogens is 1. The van der Waals surface area contributed by atoms with E-state index in [1.54, 1.807) is 37.6 Å². The van der Waals surface area contributed by atoms with E-state index in [4.69, 9.17) is 4.74 Å². The Balaban J connectivity index is 1.63. The minimum Gasteiger partial charge on any atom is -0.496 e. The number of methoxy groups -OCH3 is 1. The van der Waals surface area contributed by atoms with Crippen molar-refractivity contribution in [3.63, 3.8) is 0 Å². The highest BCUT2D eigenvalue weighted by Gasteiger charge is 2.10. The Morgan fingerprint density at radius 3 is 2.58 bits per heavy atom. The predicted octanol–water partition coefficient (Wildman–Crippen LogP) is 4.09. The number of ether oxygens (including phenoxy) is 1. The molecular formula is C20H18FN3O2. The Morgan fingerprint density at radius 2 is 1.85 bits per heavy atom. The number of pyridine rings is 1. The molecule has 0 saturated carbocycles. The van der Waals surface area contributed by atoms with E-state index in [1.807, 2.05) is 24.3 Å². The second-order valence-electron chi connectivity index (χ2n) is 5.53. The molecule has 3 rings (SSSR count). The number of aromatic nitrogens is 1. The molecule has 2 aromatic carbocycles. The monoisotopic (exact) mass is 351 g/mol. The second kappa shape index (κ2) is 8.11. The van der Waals surface area contributed by atoms with E-state index < -0.39 is 11.7 Å². The Labute approximate surface area is 150 Å². The largest absolute Gasteiger partial charge is 0.496 e. The standard InChI is InChI=1S/C20H18FN3O2/c1-26-19-9-5-2-6-14(19)12-22-15-10-11-18(23-13-15)20(25)24-17-8-4-3-7-16(17)21/h2-11,13,22H,12H2,1H3,(H,24,25). The fourth-order valence-electron chi connectivity index (χ4n) is 2.43. The van der Waals surface area contributed by atoms with Gasteiger partial charge in [-0.15, -0.1) is 0 Å². The maximum atomic E-state index is 13.6. The highest BCUT2D eigenvalue weighted by Crippen LogP contribution is 2.19. The zero-order chi connectivity index (χ0) is 18.4. The van der Waals surface area contributed by atoms with Gasteiger partial charge in [-0.2, -0.15) is 0 Å². The van der Waals surface area contributed by atoms with Gasteiger partial charge in [0.1, 0.15) is 17.3 Å². The van der Waals surface area contributed by atoms with Crippen LogP contribution in [0, 0.1) is 5.82 Å². The quantitative estimate of drug-likeness (QED) is 0.702. The van der Waals surface area contributed by atoms with Crippen LogP contribution in [0.1, 0.15) is 16.1 Å². The molecule has 0 fully saturated rings. The van der Waals surface area contributed by atoms with Crippen LogP contribution in [-0.2, 0) is 6.54 Å². The number of carbonyl (C=O) groups is 1. The minimum atomic E-state index is -0.490. The molecule has 1 amide bonds. The summed E-state index contributed by atoms with van der Waals surface area (Å²) >= 11 is 0. The van der Waals surface area contributed by atoms with Crippen LogP contribution in [0.4, 0.5) is 15.8 Å². The number of nitrogens with one attached hydrogen (secondary N) is 2. The van der Waals surface area contributed by atoms with Gasteiger partial charge in [-0.3, -0.25) is 4.79 Å². The van der Waals surface area contributed by atoms with Crippen LogP contribution < -0.4 is 15.4 Å². The molecule has 0 aliphatic carbocycles. The van der Waals surface area contributed by atoms with E-state index in [2.05, 4.69) is 15.6 Å². The third-order valence-corrected chi connectivity index (χ3v) is 3.79. The highest BCUT2D eigenvalue weighted by atomic mass is 19.1. The lowest BCUT2D eigenvalue weighted by Gasteiger charge is -2.10. The molecule has 0 atom stereocenters. The molecule has 0 aliphatic rings. The first-order valence-corrected chi connectivity index (χ1v) is 8.05. The van der Waals surface area contributed by atoms with E-state index in [0.29, 0.717) is 6.54 Å². The number of rotatable bonds is 6. The van der Waals surface area contributed by atoms with Gasteiger partial charge in [0.25, 0.3) is 5.91 Å². The highest BCUT2D eigenvalue weighted by molar-refractivity contribution is 6.03. The Hall–Kier alpha value is -3.41. The van der Waals surface area contributed by atoms with Crippen LogP contribution in [0.3, 0.4) is 0 Å². The molecule has 5 nitrogen and oxygen atoms in total. The third-order valence-electron chi connectivity index (χ3n) is 3.79. The normalized spacial score (nSPS) is 10.2. The molecular weight excluding hydrogens is 333 g/mol. The average Bonchev–Trinajstić information content (AvgIpc) is 2.68. The van der Waals surface area contributed by atoms with Crippen LogP contribution in [0.2, 0.25) is 0 Å². The summed E-state index contributed by atoms with van der Waals surface area (Å²) in [5.41, 5.74) is 2.10. The molecule has 26 heavy (non-hydrogen) atoms. The van der Waals surface area contributed by atoms with Gasteiger partial charge in [-0.25, -0.2) is 9.37 Å². The van der Waals surface area contributed by atoms with Crippen LogP contribution >= 0.6 is 0 Å². The lowest BCUT2D eigenvalue weighted by Crippen LogP contribution is -2.14. The summed E-state index contributed by atoms with van der Waals surface area (Å²) in [7, 11) is 1.63. The predicted molar refractivity (Wildman–Crippen MR) is 98.9 cm³/mol. The number of nitrogens with zero attached hydrogens (tertiary/aromatic N) is 1. The number of carbonyl (C=O) groups excluding carboxylic acids is 1. The van der Waals surface area contributed by atoms with Crippen molar-refractivity contribution in [3.8, 4) is 5.75 Å². The molecule has 0 aliphatic heterocycles. The number of para-hydroxylation sites is 2. The van der Waals surface area contributed by atoms with Crippen LogP contribution in [0.15, 0.2) is 66.9 Å². The van der Waals surface area contributed by atoms with Gasteiger partial charge < -0.3 is 15.4 Å². The molecule has 1 heterocycles. The molecule has 132 valence electrons. The van der Waals surface area contributed by atoms with E-state index in [1.165, 1.54) is 12.1 Å². The molecule has 0 bridgehead atoms. The number of amides is 1. The first-order valence-electron chi connectivity index (χ1n) is 8.05. The lowest BCUT2D eigenvalue weighted by atomic mass is 10.2. The molecule has 0 unspecified atom stereocenters. The van der Waals surface area contributed by atoms with Gasteiger partial charge in [-0.05, 0) is 30.3 Å². The fraction of sp³-hybridized carbons (Fsp3) is 0.100. The van der Waals surface area contributed by atoms with Crippen molar-refractivity contribution in [1.29, 1.82) is 0 Å². The first-order chi connectivity index (χ1) is 12.7. The number of anilines is 2. The zero-order valence-corrected chi connectivity index (χ0v) is 14.2. The van der Waals surface area contributed by atoms with Crippen LogP contribution in [0.25, 0.3) is 0 Å². The number of hydrogen-bond acceptors (Lipinski definition) is 4. The average molecular weight is 351 g/mol. The van der Waals surface area contributed by atoms with Crippen molar-refractivity contribution in [2.75, 3.05) is 17.7 Å². The smallest absolute Gasteiger partial charge is 0.274 e. The fourth-order valence-corrected chi connectivity index (χ4v) is 2.43. The number of hydrogen-bond donors (Lipinski definition) is 2. The Kier molecular flexibility index (Phi) is 5.43. The van der Waals surface area contributed by atoms with Crippen molar-refractivity contribution in [2.24, 2.45) is 0 Å². The number of benzene rings is 2. The summed E-state index contributed by atoms with van der Waals surface area (Å²) in [5.74, 6) is -0.156. The van der Waals surface area contributed by atoms with Gasteiger partial charge >= 0.3 is 0 Å². The van der Waals surface area contributed by atoms with E-state index in [-0.39, 0.29) is 11.4 Å². The summed E-state index contributed by atoms with van der Waals surface area (Å²) < 4.78 is 18.9. The summed E-state index contributed by atoms with van der Waals surface area (Å²) in [6.45, 7) is 0.562. The first kappa shape index (κ1) is 17.4. The summed E-state index contributed by atoms with van der Waals surface area (Å²) in [6, 6.07) is 17.0. The van der Waals surface area contributed by atoms with Crippen molar-refractivity contribution >= 4 is 17.3 Å². The third kappa shape index (κ3) is 4.16. The lowest BCUT2D eigenvalue weighted by molar-refractivity contribution is 0.102. The van der Waals surface area contributed by atoms with Crippen molar-refractivity contribution in [2.45, 2.75) is 6.54 Å². The minimum absolute atomic E-state index is 0.123. The summed E-state index contributed by atoms with van der Waals surface area (Å²) in [6.07, 6.45) is 1.56. The van der Waals surface area contributed by atoms with Gasteiger partial charge in [0.2, 0.25) is 0 Å². The maximum absolute atomic E-state index is 13.6. The van der Waals surface area contributed by atoms with Crippen molar-refractivity contribution < 1.29 is 13.9 Å². The molecule has 0 spiro atoms. The molecule has 0 saturated heterocycles. The van der Waals surface area contributed by atoms with E-state index in [0.717, 1.165) is 17.0 Å². The SMILES string of the molecule is COc1ccccc1CNc1ccc(C(=O)Nc2ccccc2F)nc1. The van der Waals surface area contributed by atoms with Gasteiger partial charge in [-0.1, -0.05) is 30.3 Å². The van der Waals surface area contributed by atoms with Crippen molar-refractivity contribution in [3.05, 3.63) is 83.9 Å². The van der Waals surface area contributed by atoms with E-state index >= 15 is 0 Å². The van der Waals surface area contributed by atoms with Gasteiger partial charge in [0.05, 0.1) is 24.7 Å². The van der Waals surface area contributed by atoms with Crippen LogP contribution in [-0.4, -0.2) is 18.0 Å². The molecule has 2 N–H and O–H groups in total. The van der Waals surface area contributed by atoms with Crippen molar-refractivity contribution in [1.82, 2.24) is 4.98 Å². The molecule has 6 heteroatoms. The molecule has 1 aromatic heterocycles. The summed E-state index contributed by atoms with van der Waals surface area (Å²) in [5, 5.41) is 5.73. The molecule has 0 radical (unpaired) electrons. The topological polar surface area (TPSA) is 63.2 Å². The second-order valence-corrected chi connectivity index (χ2v) is 5.53. The summed E-state index contributed by atoms with van der Waals surface area (Å²) in [4.78, 5) is 16.3. The molecule has 3 aromatic rings. The van der Waals surface area contributed by atoms with E-state index in [9.17, 15) is 9.18 Å².